The number of fused-ring (bicyclic) bond motifs is 2. The summed E-state index contributed by atoms with van der Waals surface area (Å²) in [4.78, 5) is 66.5. The van der Waals surface area contributed by atoms with Gasteiger partial charge in [0.2, 0.25) is 11.8 Å². The number of piperidine rings is 1. The summed E-state index contributed by atoms with van der Waals surface area (Å²) in [6.45, 7) is 6.77. The largest absolute Gasteiger partial charge is 0.325 e. The summed E-state index contributed by atoms with van der Waals surface area (Å²) in [6, 6.07) is 6.20. The number of Topliss-reactive ketones (excluding diaryl/α,β-unsaturated/α-hetero) is 1. The Morgan fingerprint density at radius 2 is 1.81 bits per heavy atom. The van der Waals surface area contributed by atoms with Gasteiger partial charge in [0, 0.05) is 36.3 Å². The van der Waals surface area contributed by atoms with Crippen LogP contribution in [0.4, 0.5) is 5.82 Å². The number of aromatic nitrogens is 5. The number of benzene rings is 1. The second kappa shape index (κ2) is 10.2. The van der Waals surface area contributed by atoms with Gasteiger partial charge in [-0.2, -0.15) is 5.10 Å². The van der Waals surface area contributed by atoms with Gasteiger partial charge in [0.15, 0.2) is 5.78 Å². The van der Waals surface area contributed by atoms with Crippen LogP contribution in [0, 0.1) is 26.2 Å². The Hall–Kier alpha value is -4.32. The maximum Gasteiger partial charge on any atom is 0.248 e. The maximum absolute atomic E-state index is 13.9. The van der Waals surface area contributed by atoms with Gasteiger partial charge in [-0.25, -0.2) is 15.0 Å². The number of nitrogens with zero attached hydrogens (tertiary/aromatic N) is 6. The van der Waals surface area contributed by atoms with Gasteiger partial charge in [-0.15, -0.1) is 0 Å². The van der Waals surface area contributed by atoms with Gasteiger partial charge in [0.25, 0.3) is 0 Å². The number of carbonyl (C=O) groups is 4. The lowest BCUT2D eigenvalue weighted by atomic mass is 10.0. The van der Waals surface area contributed by atoms with E-state index in [1.165, 1.54) is 16.5 Å². The first-order valence-electron chi connectivity index (χ1n) is 13.5. The van der Waals surface area contributed by atoms with E-state index in [9.17, 15) is 19.2 Å². The molecule has 11 nitrogen and oxygen atoms in total. The molecule has 1 saturated heterocycles. The van der Waals surface area contributed by atoms with E-state index in [2.05, 4.69) is 41.3 Å². The van der Waals surface area contributed by atoms with E-state index in [0.29, 0.717) is 33.6 Å². The van der Waals surface area contributed by atoms with Crippen molar-refractivity contribution in [2.75, 3.05) is 5.32 Å². The molecule has 6 rings (SSSR count). The maximum atomic E-state index is 13.9. The average Bonchev–Trinajstić information content (AvgIpc) is 3.37. The molecule has 1 aliphatic heterocycles. The SMILES string of the molecule is CC(=O)c1nn(CC(=O)N2[C@H](C(=O)Nc3nc(Br)ccc3C)C[C@@]3(C=O)C[C@@H]23)c2c(C)cc(-c3cnc(C)nc3)cc12. The minimum absolute atomic E-state index is 0.193. The molecule has 3 atom stereocenters. The van der Waals surface area contributed by atoms with E-state index in [0.717, 1.165) is 28.5 Å². The number of ketones is 1. The first kappa shape index (κ1) is 27.8. The van der Waals surface area contributed by atoms with Crippen molar-refractivity contribution in [3.63, 3.8) is 0 Å². The van der Waals surface area contributed by atoms with Gasteiger partial charge < -0.3 is 15.0 Å². The number of aldehydes is 1. The molecule has 0 spiro atoms. The van der Waals surface area contributed by atoms with E-state index >= 15 is 0 Å². The third kappa shape index (κ3) is 4.69. The molecule has 2 fully saturated rings. The monoisotopic (exact) mass is 629 g/mol. The predicted octanol–water partition coefficient (Wildman–Crippen LogP) is 3.98. The van der Waals surface area contributed by atoms with E-state index < -0.39 is 17.4 Å². The third-order valence-electron chi connectivity index (χ3n) is 8.22. The molecule has 2 aliphatic rings. The molecule has 214 valence electrons. The number of hydrogen-bond acceptors (Lipinski definition) is 8. The van der Waals surface area contributed by atoms with Crippen LogP contribution in [0.3, 0.4) is 0 Å². The molecule has 1 aromatic carbocycles. The average molecular weight is 631 g/mol. The smallest absolute Gasteiger partial charge is 0.248 e. The Morgan fingerprint density at radius 1 is 1.07 bits per heavy atom. The van der Waals surface area contributed by atoms with Crippen molar-refractivity contribution in [1.29, 1.82) is 0 Å². The highest BCUT2D eigenvalue weighted by Crippen LogP contribution is 2.58. The van der Waals surface area contributed by atoms with Crippen molar-refractivity contribution in [3.8, 4) is 11.1 Å². The number of hydrogen-bond donors (Lipinski definition) is 1. The lowest BCUT2D eigenvalue weighted by Gasteiger charge is -2.27. The molecule has 1 aliphatic carbocycles. The first-order valence-corrected chi connectivity index (χ1v) is 14.3. The van der Waals surface area contributed by atoms with Gasteiger partial charge in [-0.3, -0.25) is 19.1 Å². The summed E-state index contributed by atoms with van der Waals surface area (Å²) in [5.74, 6) is 0.0486. The summed E-state index contributed by atoms with van der Waals surface area (Å²) >= 11 is 3.32. The van der Waals surface area contributed by atoms with Crippen molar-refractivity contribution >= 4 is 56.5 Å². The van der Waals surface area contributed by atoms with Crippen LogP contribution in [0.15, 0.2) is 41.3 Å². The molecular weight excluding hydrogens is 602 g/mol. The van der Waals surface area contributed by atoms with Crippen LogP contribution >= 0.6 is 15.9 Å². The number of nitrogens with one attached hydrogen (secondary N) is 1. The highest BCUT2D eigenvalue weighted by Gasteiger charge is 2.67. The van der Waals surface area contributed by atoms with Crippen LogP contribution in [0.2, 0.25) is 0 Å². The van der Waals surface area contributed by atoms with E-state index in [-0.39, 0.29) is 36.4 Å². The van der Waals surface area contributed by atoms with Gasteiger partial charge in [-0.05, 0) is 84.4 Å². The standard InChI is InChI=1S/C30H28BrN7O4/c1-15-5-6-24(31)34-28(15)35-29(42)22-9-30(14-39)10-23(30)38(22)25(41)13-37-27-16(2)7-19(20-11-32-18(4)33-12-20)8-21(27)26(36-37)17(3)40/h5-8,11-12,14,22-23H,9-10,13H2,1-4H3,(H,34,35,42)/t22-,23+,30-/m0/s1. The van der Waals surface area contributed by atoms with Crippen molar-refractivity contribution in [1.82, 2.24) is 29.6 Å². The molecule has 4 heterocycles. The number of rotatable bonds is 7. The Morgan fingerprint density at radius 3 is 2.50 bits per heavy atom. The van der Waals surface area contributed by atoms with Crippen molar-refractivity contribution in [2.45, 2.75) is 59.2 Å². The number of pyridine rings is 1. The summed E-state index contributed by atoms with van der Waals surface area (Å²) in [5, 5.41) is 8.01. The molecule has 3 aromatic heterocycles. The molecule has 1 N–H and O–H groups in total. The zero-order chi connectivity index (χ0) is 29.9. The molecule has 12 heteroatoms. The Kier molecular flexibility index (Phi) is 6.76. The molecule has 2 amide bonds. The van der Waals surface area contributed by atoms with Crippen LogP contribution < -0.4 is 5.32 Å². The molecule has 0 radical (unpaired) electrons. The molecular formula is C30H28BrN7O4. The predicted molar refractivity (Wildman–Crippen MR) is 158 cm³/mol. The van der Waals surface area contributed by atoms with Crippen molar-refractivity contribution < 1.29 is 19.2 Å². The van der Waals surface area contributed by atoms with Gasteiger partial charge >= 0.3 is 0 Å². The Labute approximate surface area is 249 Å². The number of aryl methyl sites for hydroxylation is 3. The van der Waals surface area contributed by atoms with Crippen LogP contribution in [-0.2, 0) is 20.9 Å². The fraction of sp³-hybridized carbons (Fsp3) is 0.333. The summed E-state index contributed by atoms with van der Waals surface area (Å²) in [5.41, 5.74) is 3.38. The highest BCUT2D eigenvalue weighted by atomic mass is 79.9. The minimum Gasteiger partial charge on any atom is -0.325 e. The second-order valence-corrected chi connectivity index (χ2v) is 12.0. The van der Waals surface area contributed by atoms with Crippen molar-refractivity contribution in [2.24, 2.45) is 5.41 Å². The molecule has 0 unspecified atom stereocenters. The van der Waals surface area contributed by atoms with Gasteiger partial charge in [-0.1, -0.05) is 6.07 Å². The number of anilines is 1. The Balaban J connectivity index is 1.33. The minimum atomic E-state index is -0.843. The number of halogens is 1. The normalized spacial score (nSPS) is 20.8. The van der Waals surface area contributed by atoms with Gasteiger partial charge in [0.05, 0.1) is 10.9 Å². The molecule has 42 heavy (non-hydrogen) atoms. The lowest BCUT2D eigenvalue weighted by Crippen LogP contribution is -2.47. The summed E-state index contributed by atoms with van der Waals surface area (Å²) in [7, 11) is 0. The molecule has 4 aromatic rings. The highest BCUT2D eigenvalue weighted by molar-refractivity contribution is 9.10. The zero-order valence-electron chi connectivity index (χ0n) is 23.5. The van der Waals surface area contributed by atoms with Crippen LogP contribution in [0.25, 0.3) is 22.0 Å². The number of carbonyl (C=O) groups excluding carboxylic acids is 4. The fourth-order valence-electron chi connectivity index (χ4n) is 5.96. The quantitative estimate of drug-likeness (QED) is 0.184. The van der Waals surface area contributed by atoms with Gasteiger partial charge in [0.1, 0.15) is 40.8 Å². The van der Waals surface area contributed by atoms with Crippen LogP contribution in [-0.4, -0.2) is 65.6 Å². The van der Waals surface area contributed by atoms with Crippen LogP contribution in [0.1, 0.15) is 47.2 Å². The van der Waals surface area contributed by atoms with E-state index in [4.69, 9.17) is 0 Å². The van der Waals surface area contributed by atoms with E-state index in [1.807, 2.05) is 32.0 Å². The zero-order valence-corrected chi connectivity index (χ0v) is 25.1. The summed E-state index contributed by atoms with van der Waals surface area (Å²) < 4.78 is 2.09. The van der Waals surface area contributed by atoms with Crippen molar-refractivity contribution in [3.05, 3.63) is 63.9 Å². The van der Waals surface area contributed by atoms with E-state index in [1.54, 1.807) is 25.4 Å². The second-order valence-electron chi connectivity index (χ2n) is 11.2. The molecule has 1 saturated carbocycles. The van der Waals surface area contributed by atoms with Crippen LogP contribution in [0.5, 0.6) is 0 Å². The Bertz CT molecular complexity index is 1800. The third-order valence-corrected chi connectivity index (χ3v) is 8.66. The number of amides is 2. The number of likely N-dealkylation sites (tertiary alicyclic amines) is 1. The first-order chi connectivity index (χ1) is 20.0. The fourth-order valence-corrected chi connectivity index (χ4v) is 6.27. The summed E-state index contributed by atoms with van der Waals surface area (Å²) in [6.07, 6.45) is 5.07. The lowest BCUT2D eigenvalue weighted by molar-refractivity contribution is -0.138. The molecule has 0 bridgehead atoms. The topological polar surface area (TPSA) is 140 Å².